The fourth-order valence-corrected chi connectivity index (χ4v) is 5.44. The summed E-state index contributed by atoms with van der Waals surface area (Å²) < 4.78 is 16.9. The topological polar surface area (TPSA) is 56.7 Å². The van der Waals surface area contributed by atoms with Crippen molar-refractivity contribution in [3.63, 3.8) is 0 Å². The summed E-state index contributed by atoms with van der Waals surface area (Å²) in [5, 5.41) is 2.02. The van der Waals surface area contributed by atoms with Crippen LogP contribution in [0.15, 0.2) is 126 Å². The van der Waals surface area contributed by atoms with Gasteiger partial charge in [-0.2, -0.15) is 0 Å². The number of furan rings is 1. The zero-order valence-corrected chi connectivity index (χ0v) is 27.5. The minimum absolute atomic E-state index is 0. The maximum Gasteiger partial charge on any atom is 0.168 e. The van der Waals surface area contributed by atoms with E-state index in [-0.39, 0.29) is 20.1 Å². The number of imidazole rings is 1. The Bertz CT molecular complexity index is 2220. The predicted octanol–water partition coefficient (Wildman–Crippen LogP) is 9.77. The monoisotopic (exact) mass is 764 g/mol. The van der Waals surface area contributed by atoms with E-state index in [4.69, 9.17) is 10.8 Å². The van der Waals surface area contributed by atoms with Gasteiger partial charge < -0.3 is 14.0 Å². The molecule has 8 aromatic rings. The summed E-state index contributed by atoms with van der Waals surface area (Å²) in [6.07, 6.45) is 3.58. The van der Waals surface area contributed by atoms with Crippen LogP contribution in [0.4, 0.5) is 0 Å². The van der Waals surface area contributed by atoms with E-state index in [1.807, 2.05) is 111 Å². The van der Waals surface area contributed by atoms with Gasteiger partial charge >= 0.3 is 0 Å². The molecule has 223 valence electrons. The van der Waals surface area contributed by atoms with Crippen LogP contribution >= 0.6 is 0 Å². The summed E-state index contributed by atoms with van der Waals surface area (Å²) in [6, 6.07) is 42.3. The van der Waals surface area contributed by atoms with Crippen LogP contribution in [-0.4, -0.2) is 19.5 Å². The Labute approximate surface area is 277 Å². The maximum atomic E-state index is 8.40. The minimum atomic E-state index is -0.702. The van der Waals surface area contributed by atoms with E-state index in [2.05, 4.69) is 45.7 Å². The second kappa shape index (κ2) is 13.0. The van der Waals surface area contributed by atoms with E-state index in [0.717, 1.165) is 66.9 Å². The fourth-order valence-electron chi connectivity index (χ4n) is 5.44. The molecule has 5 nitrogen and oxygen atoms in total. The molecule has 4 heterocycles. The standard InChI is InChI=1S/C28H22N3O.C11H8N.Ir/c1-17(2)19-12-13-21-22-10-7-11-23(26(22)32-24(21)16-19)28-30-27-25(18(3)14-15-29-27)31(28)20-8-5-4-6-9-20;1-2-6-10(7-3-1)11-8-4-5-9-12-11;/h4-10,12-17H,1-3H3;1-6,8-9H;/q2*-1;/i17D;;. The van der Waals surface area contributed by atoms with Gasteiger partial charge in [0.15, 0.2) is 5.65 Å². The van der Waals surface area contributed by atoms with Crippen molar-refractivity contribution in [2.75, 3.05) is 0 Å². The molecule has 4 aromatic carbocycles. The Morgan fingerprint density at radius 1 is 0.800 bits per heavy atom. The average Bonchev–Trinajstić information content (AvgIpc) is 3.65. The number of hydrogen-bond acceptors (Lipinski definition) is 4. The van der Waals surface area contributed by atoms with E-state index in [9.17, 15) is 0 Å². The number of rotatable bonds is 4. The van der Waals surface area contributed by atoms with Crippen molar-refractivity contribution in [3.8, 4) is 28.3 Å². The third-order valence-corrected chi connectivity index (χ3v) is 7.65. The first-order valence-corrected chi connectivity index (χ1v) is 14.5. The molecule has 45 heavy (non-hydrogen) atoms. The molecule has 0 aliphatic carbocycles. The predicted molar refractivity (Wildman–Crippen MR) is 178 cm³/mol. The summed E-state index contributed by atoms with van der Waals surface area (Å²) in [6.45, 7) is 5.84. The van der Waals surface area contributed by atoms with Crippen LogP contribution in [0.3, 0.4) is 0 Å². The van der Waals surface area contributed by atoms with Crippen LogP contribution in [0.2, 0.25) is 0 Å². The van der Waals surface area contributed by atoms with Crippen molar-refractivity contribution in [2.45, 2.75) is 26.7 Å². The van der Waals surface area contributed by atoms with E-state index >= 15 is 0 Å². The number of pyridine rings is 2. The number of aryl methyl sites for hydroxylation is 1. The molecule has 0 aliphatic rings. The van der Waals surface area contributed by atoms with E-state index in [1.54, 1.807) is 12.4 Å². The summed E-state index contributed by atoms with van der Waals surface area (Å²) in [7, 11) is 0. The third-order valence-electron chi connectivity index (χ3n) is 7.65. The van der Waals surface area contributed by atoms with Crippen LogP contribution in [-0.2, 0) is 20.1 Å². The molecule has 0 bridgehead atoms. The van der Waals surface area contributed by atoms with Gasteiger partial charge in [0.05, 0.1) is 16.9 Å². The Balaban J connectivity index is 0.000000241. The van der Waals surface area contributed by atoms with Crippen LogP contribution in [0.25, 0.3) is 61.4 Å². The summed E-state index contributed by atoms with van der Waals surface area (Å²) in [5.74, 6) is 0.0378. The Kier molecular flexibility index (Phi) is 8.33. The molecule has 0 saturated heterocycles. The van der Waals surface area contributed by atoms with E-state index < -0.39 is 5.89 Å². The second-order valence-electron chi connectivity index (χ2n) is 10.8. The van der Waals surface area contributed by atoms with Crippen LogP contribution in [0, 0.1) is 19.1 Å². The molecule has 0 saturated carbocycles. The fraction of sp³-hybridized carbons (Fsp3) is 0.103. The molecule has 0 N–H and O–H groups in total. The van der Waals surface area contributed by atoms with Gasteiger partial charge in [0.25, 0.3) is 0 Å². The molecule has 4 aromatic heterocycles. The van der Waals surface area contributed by atoms with Crippen LogP contribution < -0.4 is 0 Å². The SMILES string of the molecule is [2H]C(C)(C)c1ccc2c(c1)oc1c(-c3nc4nccc(C)c4n3-c3ccccc3)[c-]ccc12.[Ir].[c-]1ccccc1-c1ccccn1. The molecule has 0 amide bonds. The average molecular weight is 764 g/mol. The zero-order chi connectivity index (χ0) is 31.0. The van der Waals surface area contributed by atoms with Crippen molar-refractivity contribution in [1.82, 2.24) is 19.5 Å². The van der Waals surface area contributed by atoms with E-state index in [1.165, 1.54) is 0 Å². The van der Waals surface area contributed by atoms with Gasteiger partial charge in [0.1, 0.15) is 5.58 Å². The first kappa shape index (κ1) is 28.8. The molecule has 0 fully saturated rings. The van der Waals surface area contributed by atoms with Crippen molar-refractivity contribution >= 4 is 33.1 Å². The van der Waals surface area contributed by atoms with Gasteiger partial charge in [-0.05, 0) is 60.0 Å². The van der Waals surface area contributed by atoms with Crippen molar-refractivity contribution < 1.29 is 25.9 Å². The van der Waals surface area contributed by atoms with Crippen LogP contribution in [0.5, 0.6) is 0 Å². The molecule has 0 spiro atoms. The molecule has 8 rings (SSSR count). The second-order valence-corrected chi connectivity index (χ2v) is 10.8. The molecular weight excluding hydrogens is 733 g/mol. The number of aromatic nitrogens is 4. The third kappa shape index (κ3) is 5.83. The molecule has 0 unspecified atom stereocenters. The smallest absolute Gasteiger partial charge is 0.168 e. The van der Waals surface area contributed by atoms with Gasteiger partial charge in [-0.1, -0.05) is 67.3 Å². The van der Waals surface area contributed by atoms with E-state index in [0.29, 0.717) is 5.65 Å². The first-order chi connectivity index (χ1) is 21.9. The normalized spacial score (nSPS) is 11.6. The Morgan fingerprint density at radius 2 is 1.62 bits per heavy atom. The number of fused-ring (bicyclic) bond motifs is 4. The largest absolute Gasteiger partial charge is 0.501 e. The summed E-state index contributed by atoms with van der Waals surface area (Å²) >= 11 is 0. The molecule has 6 heteroatoms. The molecule has 0 atom stereocenters. The van der Waals surface area contributed by atoms with Crippen molar-refractivity contribution in [1.29, 1.82) is 0 Å². The van der Waals surface area contributed by atoms with Gasteiger partial charge in [0.2, 0.25) is 0 Å². The quantitative estimate of drug-likeness (QED) is 0.168. The first-order valence-electron chi connectivity index (χ1n) is 15.0. The number of benzene rings is 4. The minimum Gasteiger partial charge on any atom is -0.501 e. The van der Waals surface area contributed by atoms with Gasteiger partial charge in [-0.15, -0.1) is 54.1 Å². The molecular formula is C39H30IrN4O-2. The van der Waals surface area contributed by atoms with Gasteiger partial charge in [0, 0.05) is 44.9 Å². The summed E-state index contributed by atoms with van der Waals surface area (Å²) in [5.41, 5.74) is 8.97. The van der Waals surface area contributed by atoms with Crippen molar-refractivity contribution in [2.24, 2.45) is 0 Å². The summed E-state index contributed by atoms with van der Waals surface area (Å²) in [4.78, 5) is 13.7. The van der Waals surface area contributed by atoms with Gasteiger partial charge in [-0.3, -0.25) is 4.98 Å². The molecule has 1 radical (unpaired) electrons. The Morgan fingerprint density at radius 3 is 2.38 bits per heavy atom. The maximum absolute atomic E-state index is 8.40. The zero-order valence-electron chi connectivity index (χ0n) is 26.1. The Hall–Kier alpha value is -4.90. The number of para-hydroxylation sites is 1. The number of hydrogen-bond donors (Lipinski definition) is 0. The van der Waals surface area contributed by atoms with Gasteiger partial charge in [-0.25, -0.2) is 4.98 Å². The number of nitrogens with zero attached hydrogens (tertiary/aromatic N) is 4. The molecule has 0 aliphatic heterocycles. The van der Waals surface area contributed by atoms with Crippen LogP contribution in [0.1, 0.15) is 32.2 Å². The van der Waals surface area contributed by atoms with Crippen molar-refractivity contribution in [3.05, 3.63) is 145 Å².